The highest BCUT2D eigenvalue weighted by Gasteiger charge is 2.30. The fourth-order valence-corrected chi connectivity index (χ4v) is 2.68. The number of furan rings is 1. The first kappa shape index (κ1) is 13.5. The maximum atomic E-state index is 12.2. The van der Waals surface area contributed by atoms with Crippen LogP contribution in [0.5, 0.6) is 0 Å². The molecule has 2 aliphatic rings. The monoisotopic (exact) mass is 302 g/mol. The first-order valence-corrected chi connectivity index (χ1v) is 7.67. The third kappa shape index (κ3) is 2.76. The lowest BCUT2D eigenvalue weighted by Crippen LogP contribution is -2.48. The van der Waals surface area contributed by atoms with Gasteiger partial charge in [0.15, 0.2) is 5.76 Å². The highest BCUT2D eigenvalue weighted by Crippen LogP contribution is 2.39. The molecule has 3 heterocycles. The number of hydrogen-bond donors (Lipinski definition) is 0. The summed E-state index contributed by atoms with van der Waals surface area (Å²) in [4.78, 5) is 16.2. The Morgan fingerprint density at radius 1 is 1.23 bits per heavy atom. The molecule has 0 unspecified atom stereocenters. The highest BCUT2D eigenvalue weighted by molar-refractivity contribution is 5.91. The number of aromatic nitrogens is 2. The van der Waals surface area contributed by atoms with Gasteiger partial charge in [-0.25, -0.2) is 0 Å². The molecule has 1 aliphatic carbocycles. The molecule has 0 N–H and O–H groups in total. The maximum absolute atomic E-state index is 12.2. The molecule has 1 saturated carbocycles. The Morgan fingerprint density at radius 3 is 2.73 bits per heavy atom. The Labute approximate surface area is 127 Å². The minimum atomic E-state index is -0.0431. The minimum absolute atomic E-state index is 0.0431. The van der Waals surface area contributed by atoms with Crippen LogP contribution >= 0.6 is 0 Å². The van der Waals surface area contributed by atoms with Gasteiger partial charge in [-0.15, -0.1) is 10.2 Å². The molecule has 2 aromatic rings. The van der Waals surface area contributed by atoms with Gasteiger partial charge in [0.05, 0.1) is 12.8 Å². The van der Waals surface area contributed by atoms with Crippen LogP contribution in [0.3, 0.4) is 0 Å². The molecule has 1 amide bonds. The van der Waals surface area contributed by atoms with Crippen molar-refractivity contribution < 1.29 is 13.6 Å². The van der Waals surface area contributed by atoms with Crippen molar-refractivity contribution in [3.63, 3.8) is 0 Å². The average molecular weight is 302 g/mol. The quantitative estimate of drug-likeness (QED) is 0.852. The Morgan fingerprint density at radius 2 is 2.05 bits per heavy atom. The van der Waals surface area contributed by atoms with Crippen LogP contribution in [-0.2, 0) is 6.54 Å². The second kappa shape index (κ2) is 5.57. The smallest absolute Gasteiger partial charge is 0.289 e. The van der Waals surface area contributed by atoms with E-state index in [9.17, 15) is 4.79 Å². The molecule has 0 bridgehead atoms. The molecule has 116 valence electrons. The highest BCUT2D eigenvalue weighted by atomic mass is 16.4. The summed E-state index contributed by atoms with van der Waals surface area (Å²) in [5.41, 5.74) is 0. The van der Waals surface area contributed by atoms with E-state index in [0.29, 0.717) is 37.2 Å². The van der Waals surface area contributed by atoms with Crippen molar-refractivity contribution in [1.82, 2.24) is 20.0 Å². The Hall–Kier alpha value is -2.15. The minimum Gasteiger partial charge on any atom is -0.459 e. The Kier molecular flexibility index (Phi) is 3.42. The normalized spacial score (nSPS) is 19.5. The molecule has 22 heavy (non-hydrogen) atoms. The van der Waals surface area contributed by atoms with Crippen molar-refractivity contribution in [2.45, 2.75) is 25.3 Å². The summed E-state index contributed by atoms with van der Waals surface area (Å²) in [5.74, 6) is 2.30. The summed E-state index contributed by atoms with van der Waals surface area (Å²) < 4.78 is 10.8. The van der Waals surface area contributed by atoms with Gasteiger partial charge in [-0.1, -0.05) is 0 Å². The van der Waals surface area contributed by atoms with E-state index in [0.717, 1.165) is 31.8 Å². The van der Waals surface area contributed by atoms with E-state index in [1.165, 1.54) is 6.26 Å². The number of hydrogen-bond acceptors (Lipinski definition) is 6. The van der Waals surface area contributed by atoms with Gasteiger partial charge in [0, 0.05) is 32.1 Å². The molecule has 0 aromatic carbocycles. The summed E-state index contributed by atoms with van der Waals surface area (Å²) in [7, 11) is 0. The second-order valence-electron chi connectivity index (χ2n) is 5.85. The number of carbonyl (C=O) groups excluding carboxylic acids is 1. The summed E-state index contributed by atoms with van der Waals surface area (Å²) >= 11 is 0. The molecular weight excluding hydrogens is 284 g/mol. The lowest BCUT2D eigenvalue weighted by molar-refractivity contribution is 0.0587. The van der Waals surface area contributed by atoms with Gasteiger partial charge in [0.1, 0.15) is 0 Å². The maximum Gasteiger partial charge on any atom is 0.289 e. The van der Waals surface area contributed by atoms with Crippen molar-refractivity contribution in [2.75, 3.05) is 26.2 Å². The first-order chi connectivity index (χ1) is 10.8. The number of piperazine rings is 1. The van der Waals surface area contributed by atoms with Gasteiger partial charge in [0.25, 0.3) is 5.91 Å². The van der Waals surface area contributed by atoms with E-state index in [2.05, 4.69) is 15.1 Å². The lowest BCUT2D eigenvalue weighted by atomic mass is 10.3. The van der Waals surface area contributed by atoms with Crippen LogP contribution in [-0.4, -0.2) is 52.1 Å². The predicted molar refractivity (Wildman–Crippen MR) is 76.2 cm³/mol. The summed E-state index contributed by atoms with van der Waals surface area (Å²) in [6, 6.07) is 3.43. The predicted octanol–water partition coefficient (Wildman–Crippen LogP) is 1.50. The molecular formula is C15H18N4O3. The van der Waals surface area contributed by atoms with Crippen molar-refractivity contribution in [1.29, 1.82) is 0 Å². The summed E-state index contributed by atoms with van der Waals surface area (Å²) in [6.07, 6.45) is 3.85. The molecule has 0 radical (unpaired) electrons. The zero-order chi connectivity index (χ0) is 14.9. The molecule has 0 atom stereocenters. The van der Waals surface area contributed by atoms with Crippen LogP contribution in [0.4, 0.5) is 0 Å². The topological polar surface area (TPSA) is 75.6 Å². The van der Waals surface area contributed by atoms with Gasteiger partial charge in [-0.05, 0) is 25.0 Å². The van der Waals surface area contributed by atoms with Crippen molar-refractivity contribution in [3.8, 4) is 0 Å². The van der Waals surface area contributed by atoms with Gasteiger partial charge in [-0.2, -0.15) is 0 Å². The third-order valence-corrected chi connectivity index (χ3v) is 4.16. The molecule has 7 heteroatoms. The molecule has 2 aromatic heterocycles. The largest absolute Gasteiger partial charge is 0.459 e. The van der Waals surface area contributed by atoms with Crippen LogP contribution in [0.15, 0.2) is 27.2 Å². The third-order valence-electron chi connectivity index (χ3n) is 4.16. The molecule has 0 spiro atoms. The summed E-state index contributed by atoms with van der Waals surface area (Å²) in [6.45, 7) is 3.62. The van der Waals surface area contributed by atoms with E-state index in [1.807, 2.05) is 4.90 Å². The molecule has 7 nitrogen and oxygen atoms in total. The Balaban J connectivity index is 1.30. The standard InChI is InChI=1S/C15H18N4O3/c20-15(12-2-1-9-21-12)19-7-5-18(6-8-19)10-13-16-17-14(22-13)11-3-4-11/h1-2,9,11H,3-8,10H2. The molecule has 2 fully saturated rings. The van der Waals surface area contributed by atoms with Crippen LogP contribution in [0.1, 0.15) is 41.1 Å². The summed E-state index contributed by atoms with van der Waals surface area (Å²) in [5, 5.41) is 8.21. The molecule has 4 rings (SSSR count). The van der Waals surface area contributed by atoms with E-state index in [-0.39, 0.29) is 5.91 Å². The van der Waals surface area contributed by atoms with Gasteiger partial charge in [-0.3, -0.25) is 9.69 Å². The van der Waals surface area contributed by atoms with Gasteiger partial charge < -0.3 is 13.7 Å². The number of carbonyl (C=O) groups is 1. The number of amides is 1. The fraction of sp³-hybridized carbons (Fsp3) is 0.533. The zero-order valence-corrected chi connectivity index (χ0v) is 12.3. The van der Waals surface area contributed by atoms with Gasteiger partial charge in [0.2, 0.25) is 11.8 Å². The fourth-order valence-electron chi connectivity index (χ4n) is 2.68. The lowest BCUT2D eigenvalue weighted by Gasteiger charge is -2.33. The number of nitrogens with zero attached hydrogens (tertiary/aromatic N) is 4. The van der Waals surface area contributed by atoms with Crippen LogP contribution < -0.4 is 0 Å². The van der Waals surface area contributed by atoms with Gasteiger partial charge >= 0.3 is 0 Å². The van der Waals surface area contributed by atoms with E-state index in [4.69, 9.17) is 8.83 Å². The first-order valence-electron chi connectivity index (χ1n) is 7.67. The van der Waals surface area contributed by atoms with Crippen molar-refractivity contribution in [2.24, 2.45) is 0 Å². The van der Waals surface area contributed by atoms with Crippen LogP contribution in [0.2, 0.25) is 0 Å². The number of rotatable bonds is 4. The van der Waals surface area contributed by atoms with E-state index in [1.54, 1.807) is 12.1 Å². The van der Waals surface area contributed by atoms with Crippen LogP contribution in [0, 0.1) is 0 Å². The average Bonchev–Trinajstić information content (AvgIpc) is 3.06. The van der Waals surface area contributed by atoms with E-state index < -0.39 is 0 Å². The molecule has 1 saturated heterocycles. The van der Waals surface area contributed by atoms with Crippen LogP contribution in [0.25, 0.3) is 0 Å². The Bertz CT molecular complexity index is 640. The zero-order valence-electron chi connectivity index (χ0n) is 12.3. The molecule has 1 aliphatic heterocycles. The van der Waals surface area contributed by atoms with E-state index >= 15 is 0 Å². The van der Waals surface area contributed by atoms with Crippen molar-refractivity contribution in [3.05, 3.63) is 35.9 Å². The second-order valence-corrected chi connectivity index (χ2v) is 5.85. The SMILES string of the molecule is O=C(c1ccco1)N1CCN(Cc2nnc(C3CC3)o2)CC1. The van der Waals surface area contributed by atoms with Crippen molar-refractivity contribution >= 4 is 5.91 Å².